The maximum Gasteiger partial charge on any atom is 0.138 e. The predicted molar refractivity (Wildman–Crippen MR) is 117 cm³/mol. The number of hydrogen-bond acceptors (Lipinski definition) is 3. The van der Waals surface area contributed by atoms with Gasteiger partial charge in [0.2, 0.25) is 0 Å². The predicted octanol–water partition coefficient (Wildman–Crippen LogP) is 4.92. The largest absolute Gasteiger partial charge is 0.339 e. The van der Waals surface area contributed by atoms with Crippen LogP contribution in [0.15, 0.2) is 42.6 Å². The van der Waals surface area contributed by atoms with Crippen molar-refractivity contribution < 1.29 is 4.39 Å². The first-order chi connectivity index (χ1) is 14.0. The normalized spacial score (nSPS) is 16.3. The van der Waals surface area contributed by atoms with Crippen molar-refractivity contribution in [3.63, 3.8) is 0 Å². The highest BCUT2D eigenvalue weighted by atomic mass is 19.1. The van der Waals surface area contributed by atoms with E-state index in [1.807, 2.05) is 24.4 Å². The van der Waals surface area contributed by atoms with E-state index in [1.165, 1.54) is 43.6 Å². The molecule has 1 saturated heterocycles. The third-order valence-corrected chi connectivity index (χ3v) is 6.19. The Hall–Kier alpha value is -2.24. The molecule has 0 spiro atoms. The van der Waals surface area contributed by atoms with E-state index in [9.17, 15) is 4.39 Å². The first kappa shape index (κ1) is 20.0. The number of rotatable bonds is 6. The number of hydrogen-bond donors (Lipinski definition) is 1. The Morgan fingerprint density at radius 1 is 1.17 bits per heavy atom. The standard InChI is InChI=1S/C24H31FN4/c1-17(2)29-13-10-18(11-14-29)15-28(3)16-22-21-5-4-12-26-24(21)27-23(22)19-6-8-20(25)9-7-19/h4-9,12,17-18H,10-11,13-16H2,1-3H3,(H,26,27). The van der Waals surface area contributed by atoms with Gasteiger partial charge in [-0.1, -0.05) is 0 Å². The van der Waals surface area contributed by atoms with Crippen molar-refractivity contribution in [2.75, 3.05) is 26.7 Å². The second kappa shape index (κ2) is 8.64. The van der Waals surface area contributed by atoms with Crippen LogP contribution in [0.2, 0.25) is 0 Å². The van der Waals surface area contributed by atoms with Crippen molar-refractivity contribution in [2.24, 2.45) is 5.92 Å². The summed E-state index contributed by atoms with van der Waals surface area (Å²) in [4.78, 5) is 13.0. The zero-order chi connectivity index (χ0) is 20.4. The van der Waals surface area contributed by atoms with Crippen LogP contribution in [0.3, 0.4) is 0 Å². The van der Waals surface area contributed by atoms with Crippen LogP contribution in [0.4, 0.5) is 4.39 Å². The Morgan fingerprint density at radius 3 is 2.59 bits per heavy atom. The van der Waals surface area contributed by atoms with Crippen molar-refractivity contribution in [3.8, 4) is 11.3 Å². The molecule has 5 heteroatoms. The molecule has 0 saturated carbocycles. The van der Waals surface area contributed by atoms with Gasteiger partial charge in [0.25, 0.3) is 0 Å². The van der Waals surface area contributed by atoms with Gasteiger partial charge in [0.05, 0.1) is 5.69 Å². The molecule has 154 valence electrons. The number of nitrogens with zero attached hydrogens (tertiary/aromatic N) is 3. The van der Waals surface area contributed by atoms with Gasteiger partial charge in [-0.3, -0.25) is 0 Å². The topological polar surface area (TPSA) is 35.2 Å². The van der Waals surface area contributed by atoms with E-state index in [4.69, 9.17) is 0 Å². The number of aromatic nitrogens is 2. The van der Waals surface area contributed by atoms with E-state index in [0.717, 1.165) is 41.3 Å². The minimum atomic E-state index is -0.214. The van der Waals surface area contributed by atoms with Gasteiger partial charge in [-0.25, -0.2) is 9.37 Å². The highest BCUT2D eigenvalue weighted by Crippen LogP contribution is 2.31. The third-order valence-electron chi connectivity index (χ3n) is 6.19. The van der Waals surface area contributed by atoms with Crippen molar-refractivity contribution in [1.82, 2.24) is 19.8 Å². The number of fused-ring (bicyclic) bond motifs is 1. The van der Waals surface area contributed by atoms with E-state index in [-0.39, 0.29) is 5.82 Å². The number of halogens is 1. The summed E-state index contributed by atoms with van der Waals surface area (Å²) in [6, 6.07) is 11.5. The molecule has 0 atom stereocenters. The van der Waals surface area contributed by atoms with Gasteiger partial charge in [0.15, 0.2) is 0 Å². The van der Waals surface area contributed by atoms with Crippen molar-refractivity contribution in [2.45, 2.75) is 39.3 Å². The summed E-state index contributed by atoms with van der Waals surface area (Å²) >= 11 is 0. The lowest BCUT2D eigenvalue weighted by Crippen LogP contribution is -2.41. The molecule has 0 aliphatic carbocycles. The molecule has 0 unspecified atom stereocenters. The maximum atomic E-state index is 13.4. The van der Waals surface area contributed by atoms with Gasteiger partial charge < -0.3 is 14.8 Å². The molecule has 3 aromatic rings. The second-order valence-corrected chi connectivity index (χ2v) is 8.65. The Bertz CT molecular complexity index is 939. The van der Waals surface area contributed by atoms with Gasteiger partial charge in [-0.2, -0.15) is 0 Å². The van der Waals surface area contributed by atoms with Crippen molar-refractivity contribution >= 4 is 11.0 Å². The summed E-state index contributed by atoms with van der Waals surface area (Å²) in [5.41, 5.74) is 4.17. The van der Waals surface area contributed by atoms with Gasteiger partial charge in [0.1, 0.15) is 11.5 Å². The smallest absolute Gasteiger partial charge is 0.138 e. The fourth-order valence-electron chi connectivity index (χ4n) is 4.53. The minimum absolute atomic E-state index is 0.214. The molecule has 4 nitrogen and oxygen atoms in total. The van der Waals surface area contributed by atoms with E-state index >= 15 is 0 Å². The minimum Gasteiger partial charge on any atom is -0.339 e. The van der Waals surface area contributed by atoms with Crippen molar-refractivity contribution in [1.29, 1.82) is 0 Å². The Labute approximate surface area is 172 Å². The summed E-state index contributed by atoms with van der Waals surface area (Å²) in [6.45, 7) is 8.93. The fourth-order valence-corrected chi connectivity index (χ4v) is 4.53. The Morgan fingerprint density at radius 2 is 1.90 bits per heavy atom. The molecule has 1 fully saturated rings. The molecule has 1 aromatic carbocycles. The lowest BCUT2D eigenvalue weighted by molar-refractivity contribution is 0.127. The molecular formula is C24H31FN4. The molecule has 2 aromatic heterocycles. The molecule has 1 aliphatic rings. The van der Waals surface area contributed by atoms with Crippen LogP contribution < -0.4 is 0 Å². The number of pyridine rings is 1. The molecular weight excluding hydrogens is 363 g/mol. The number of nitrogens with one attached hydrogen (secondary N) is 1. The van der Waals surface area contributed by atoms with E-state index < -0.39 is 0 Å². The highest BCUT2D eigenvalue weighted by molar-refractivity contribution is 5.88. The fraction of sp³-hybridized carbons (Fsp3) is 0.458. The maximum absolute atomic E-state index is 13.4. The Kier molecular flexibility index (Phi) is 5.97. The van der Waals surface area contributed by atoms with E-state index in [1.54, 1.807) is 0 Å². The quantitative estimate of drug-likeness (QED) is 0.644. The molecule has 4 rings (SSSR count). The summed E-state index contributed by atoms with van der Waals surface area (Å²) in [6.07, 6.45) is 4.34. The molecule has 0 radical (unpaired) electrons. The van der Waals surface area contributed by atoms with Gasteiger partial charge in [0, 0.05) is 36.3 Å². The van der Waals surface area contributed by atoms with E-state index in [0.29, 0.717) is 6.04 Å². The van der Waals surface area contributed by atoms with Crippen LogP contribution in [0.25, 0.3) is 22.3 Å². The van der Waals surface area contributed by atoms with E-state index in [2.05, 4.69) is 46.7 Å². The van der Waals surface area contributed by atoms with Crippen LogP contribution in [-0.2, 0) is 6.54 Å². The monoisotopic (exact) mass is 394 g/mol. The zero-order valence-corrected chi connectivity index (χ0v) is 17.7. The van der Waals surface area contributed by atoms with Crippen LogP contribution in [-0.4, -0.2) is 52.5 Å². The van der Waals surface area contributed by atoms with Crippen molar-refractivity contribution in [3.05, 3.63) is 54.0 Å². The summed E-state index contributed by atoms with van der Waals surface area (Å²) in [5, 5.41) is 1.15. The molecule has 0 amide bonds. The number of aromatic amines is 1. The molecule has 0 bridgehead atoms. The first-order valence-corrected chi connectivity index (χ1v) is 10.7. The van der Waals surface area contributed by atoms with Gasteiger partial charge >= 0.3 is 0 Å². The average molecular weight is 395 g/mol. The van der Waals surface area contributed by atoms with Crippen LogP contribution in [0.1, 0.15) is 32.3 Å². The molecule has 29 heavy (non-hydrogen) atoms. The zero-order valence-electron chi connectivity index (χ0n) is 17.7. The van der Waals surface area contributed by atoms with Gasteiger partial charge in [-0.15, -0.1) is 0 Å². The number of likely N-dealkylation sites (tertiary alicyclic amines) is 1. The van der Waals surface area contributed by atoms with Crippen LogP contribution in [0.5, 0.6) is 0 Å². The number of piperidine rings is 1. The first-order valence-electron chi connectivity index (χ1n) is 10.7. The average Bonchev–Trinajstić information content (AvgIpc) is 3.07. The summed E-state index contributed by atoms with van der Waals surface area (Å²) in [5.74, 6) is 0.530. The third kappa shape index (κ3) is 4.51. The number of benzene rings is 1. The SMILES string of the molecule is CC(C)N1CCC(CN(C)Cc2c(-c3ccc(F)cc3)[nH]c3ncccc23)CC1. The Balaban J connectivity index is 1.52. The summed E-state index contributed by atoms with van der Waals surface area (Å²) < 4.78 is 13.4. The molecule has 1 N–H and O–H groups in total. The van der Waals surface area contributed by atoms with Crippen LogP contribution >= 0.6 is 0 Å². The molecule has 1 aliphatic heterocycles. The summed E-state index contributed by atoms with van der Waals surface area (Å²) in [7, 11) is 2.21. The lowest BCUT2D eigenvalue weighted by atomic mass is 9.95. The van der Waals surface area contributed by atoms with Gasteiger partial charge in [-0.05, 0) is 94.7 Å². The number of H-pyrrole nitrogens is 1. The molecule has 3 heterocycles. The highest BCUT2D eigenvalue weighted by Gasteiger charge is 2.23. The van der Waals surface area contributed by atoms with Crippen LogP contribution in [0, 0.1) is 11.7 Å². The second-order valence-electron chi connectivity index (χ2n) is 8.65. The lowest BCUT2D eigenvalue weighted by Gasteiger charge is -2.36.